The van der Waals surface area contributed by atoms with Crippen LogP contribution in [0, 0.1) is 0 Å². The summed E-state index contributed by atoms with van der Waals surface area (Å²) in [5, 5.41) is 3.42. The molecule has 1 fully saturated rings. The van der Waals surface area contributed by atoms with Crippen molar-refractivity contribution in [1.29, 1.82) is 0 Å². The number of hydrogen-bond acceptors (Lipinski definition) is 2. The average molecular weight is 254 g/mol. The maximum absolute atomic E-state index is 5.77. The van der Waals surface area contributed by atoms with Gasteiger partial charge in [0, 0.05) is 18.1 Å². The summed E-state index contributed by atoms with van der Waals surface area (Å²) in [5.74, 6) is 0.681. The lowest BCUT2D eigenvalue weighted by Gasteiger charge is -2.13. The van der Waals surface area contributed by atoms with Crippen LogP contribution in [0.2, 0.25) is 0 Å². The van der Waals surface area contributed by atoms with Crippen LogP contribution in [0.5, 0.6) is 0 Å². The largest absolute Gasteiger partial charge is 0.382 e. The second-order valence-electron chi connectivity index (χ2n) is 4.66. The standard InChI is InChI=1S/C14H20ClNO/c1-11-2-7-14(17-11)10-16-13-5-3-12(4-6-13)8-9-15/h3-6,11,14,16H,2,7-10H2,1H3. The number of ether oxygens (including phenoxy) is 1. The number of halogens is 1. The fourth-order valence-corrected chi connectivity index (χ4v) is 2.38. The van der Waals surface area contributed by atoms with Crippen LogP contribution in [-0.2, 0) is 11.2 Å². The van der Waals surface area contributed by atoms with Crippen molar-refractivity contribution in [3.05, 3.63) is 29.8 Å². The minimum Gasteiger partial charge on any atom is -0.382 e. The topological polar surface area (TPSA) is 21.3 Å². The van der Waals surface area contributed by atoms with Gasteiger partial charge in [0.25, 0.3) is 0 Å². The van der Waals surface area contributed by atoms with Gasteiger partial charge in [0.1, 0.15) is 0 Å². The zero-order chi connectivity index (χ0) is 12.1. The highest BCUT2D eigenvalue weighted by Gasteiger charge is 2.20. The molecule has 1 aromatic rings. The Kier molecular flexibility index (Phi) is 4.69. The van der Waals surface area contributed by atoms with E-state index in [1.807, 2.05) is 0 Å². The summed E-state index contributed by atoms with van der Waals surface area (Å²) in [6, 6.07) is 8.48. The molecule has 0 spiro atoms. The van der Waals surface area contributed by atoms with E-state index in [1.54, 1.807) is 0 Å². The second-order valence-corrected chi connectivity index (χ2v) is 5.04. The fourth-order valence-electron chi connectivity index (χ4n) is 2.17. The van der Waals surface area contributed by atoms with Crippen LogP contribution in [-0.4, -0.2) is 24.6 Å². The van der Waals surface area contributed by atoms with Gasteiger partial charge < -0.3 is 10.1 Å². The molecule has 1 aliphatic heterocycles. The lowest BCUT2D eigenvalue weighted by Crippen LogP contribution is -2.19. The molecule has 1 N–H and O–H groups in total. The van der Waals surface area contributed by atoms with Crippen molar-refractivity contribution in [3.63, 3.8) is 0 Å². The molecule has 17 heavy (non-hydrogen) atoms. The molecule has 3 heteroatoms. The van der Waals surface area contributed by atoms with Gasteiger partial charge in [-0.1, -0.05) is 12.1 Å². The molecule has 0 bridgehead atoms. The minimum absolute atomic E-state index is 0.368. The Morgan fingerprint density at radius 2 is 2.06 bits per heavy atom. The molecule has 0 aromatic heterocycles. The number of hydrogen-bond donors (Lipinski definition) is 1. The van der Waals surface area contributed by atoms with Gasteiger partial charge in [-0.15, -0.1) is 11.6 Å². The first-order valence-electron chi connectivity index (χ1n) is 6.32. The van der Waals surface area contributed by atoms with Gasteiger partial charge in [-0.3, -0.25) is 0 Å². The Labute approximate surface area is 108 Å². The van der Waals surface area contributed by atoms with Crippen molar-refractivity contribution >= 4 is 17.3 Å². The van der Waals surface area contributed by atoms with Gasteiger partial charge >= 0.3 is 0 Å². The van der Waals surface area contributed by atoms with E-state index in [9.17, 15) is 0 Å². The molecule has 1 saturated heterocycles. The van der Waals surface area contributed by atoms with Crippen LogP contribution in [0.25, 0.3) is 0 Å². The van der Waals surface area contributed by atoms with Gasteiger partial charge in [0.2, 0.25) is 0 Å². The Morgan fingerprint density at radius 1 is 1.29 bits per heavy atom. The van der Waals surface area contributed by atoms with Crippen molar-refractivity contribution in [2.45, 2.75) is 38.4 Å². The molecular formula is C14H20ClNO. The van der Waals surface area contributed by atoms with Crippen molar-refractivity contribution in [1.82, 2.24) is 0 Å². The van der Waals surface area contributed by atoms with Crippen LogP contribution in [0.3, 0.4) is 0 Å². The third kappa shape index (κ3) is 3.90. The molecule has 2 nitrogen and oxygen atoms in total. The van der Waals surface area contributed by atoms with Gasteiger partial charge in [-0.05, 0) is 43.9 Å². The monoisotopic (exact) mass is 253 g/mol. The molecule has 2 unspecified atom stereocenters. The highest BCUT2D eigenvalue weighted by atomic mass is 35.5. The molecule has 0 aliphatic carbocycles. The summed E-state index contributed by atoms with van der Waals surface area (Å²) < 4.78 is 5.77. The highest BCUT2D eigenvalue weighted by Crippen LogP contribution is 2.19. The van der Waals surface area contributed by atoms with Crippen LogP contribution < -0.4 is 5.32 Å². The lowest BCUT2D eigenvalue weighted by molar-refractivity contribution is 0.0637. The first-order chi connectivity index (χ1) is 8.28. The molecule has 1 aliphatic rings. The summed E-state index contributed by atoms with van der Waals surface area (Å²) in [6.45, 7) is 3.04. The number of aryl methyl sites for hydroxylation is 1. The summed E-state index contributed by atoms with van der Waals surface area (Å²) in [5.41, 5.74) is 2.45. The summed E-state index contributed by atoms with van der Waals surface area (Å²) in [4.78, 5) is 0. The quantitative estimate of drug-likeness (QED) is 0.812. The molecular weight excluding hydrogens is 234 g/mol. The van der Waals surface area contributed by atoms with E-state index in [2.05, 4.69) is 36.5 Å². The lowest BCUT2D eigenvalue weighted by atomic mass is 10.1. The van der Waals surface area contributed by atoms with E-state index in [-0.39, 0.29) is 0 Å². The molecule has 2 rings (SSSR count). The van der Waals surface area contributed by atoms with Crippen molar-refractivity contribution in [3.8, 4) is 0 Å². The summed E-state index contributed by atoms with van der Waals surface area (Å²) in [6.07, 6.45) is 4.07. The molecule has 0 radical (unpaired) electrons. The molecule has 1 aromatic carbocycles. The van der Waals surface area contributed by atoms with Crippen molar-refractivity contribution in [2.75, 3.05) is 17.7 Å². The number of benzene rings is 1. The van der Waals surface area contributed by atoms with E-state index in [1.165, 1.54) is 18.4 Å². The van der Waals surface area contributed by atoms with Crippen LogP contribution in [0.1, 0.15) is 25.3 Å². The van der Waals surface area contributed by atoms with E-state index in [0.717, 1.165) is 18.7 Å². The predicted octanol–water partition coefficient (Wildman–Crippen LogP) is 3.45. The third-order valence-corrected chi connectivity index (χ3v) is 3.38. The first kappa shape index (κ1) is 12.7. The second kappa shape index (κ2) is 6.27. The van der Waals surface area contributed by atoms with E-state index in [0.29, 0.717) is 18.1 Å². The minimum atomic E-state index is 0.368. The number of nitrogens with one attached hydrogen (secondary N) is 1. The predicted molar refractivity (Wildman–Crippen MR) is 72.9 cm³/mol. The van der Waals surface area contributed by atoms with Gasteiger partial charge in [0.15, 0.2) is 0 Å². The molecule has 0 saturated carbocycles. The Hall–Kier alpha value is -0.730. The SMILES string of the molecule is CC1CCC(CNc2ccc(CCCl)cc2)O1. The Bertz CT molecular complexity index is 339. The summed E-state index contributed by atoms with van der Waals surface area (Å²) >= 11 is 5.70. The summed E-state index contributed by atoms with van der Waals surface area (Å²) in [7, 11) is 0. The van der Waals surface area contributed by atoms with E-state index < -0.39 is 0 Å². The van der Waals surface area contributed by atoms with E-state index in [4.69, 9.17) is 16.3 Å². The van der Waals surface area contributed by atoms with Gasteiger partial charge in [-0.2, -0.15) is 0 Å². The highest BCUT2D eigenvalue weighted by molar-refractivity contribution is 6.17. The van der Waals surface area contributed by atoms with Crippen LogP contribution in [0.4, 0.5) is 5.69 Å². The normalized spacial score (nSPS) is 23.9. The number of alkyl halides is 1. The molecule has 0 amide bonds. The fraction of sp³-hybridized carbons (Fsp3) is 0.571. The maximum atomic E-state index is 5.77. The van der Waals surface area contributed by atoms with Crippen molar-refractivity contribution in [2.24, 2.45) is 0 Å². The van der Waals surface area contributed by atoms with E-state index >= 15 is 0 Å². The molecule has 2 atom stereocenters. The maximum Gasteiger partial charge on any atom is 0.0751 e. The Morgan fingerprint density at radius 3 is 2.65 bits per heavy atom. The first-order valence-corrected chi connectivity index (χ1v) is 6.85. The zero-order valence-electron chi connectivity index (χ0n) is 10.3. The van der Waals surface area contributed by atoms with Crippen LogP contribution in [0.15, 0.2) is 24.3 Å². The van der Waals surface area contributed by atoms with Gasteiger partial charge in [0.05, 0.1) is 12.2 Å². The van der Waals surface area contributed by atoms with Crippen molar-refractivity contribution < 1.29 is 4.74 Å². The zero-order valence-corrected chi connectivity index (χ0v) is 11.0. The third-order valence-electron chi connectivity index (χ3n) is 3.19. The van der Waals surface area contributed by atoms with Crippen LogP contribution >= 0.6 is 11.6 Å². The average Bonchev–Trinajstić information content (AvgIpc) is 2.75. The smallest absolute Gasteiger partial charge is 0.0751 e. The van der Waals surface area contributed by atoms with Gasteiger partial charge in [-0.25, -0.2) is 0 Å². The number of anilines is 1. The Balaban J connectivity index is 1.78. The molecule has 1 heterocycles. The molecule has 94 valence electrons. The number of rotatable bonds is 5.